The van der Waals surface area contributed by atoms with Crippen LogP contribution in [0.5, 0.6) is 0 Å². The minimum atomic E-state index is 0.0721. The summed E-state index contributed by atoms with van der Waals surface area (Å²) in [5.74, 6) is 0.0721. The zero-order valence-corrected chi connectivity index (χ0v) is 12.8. The molecule has 2 aromatic rings. The molecule has 0 bridgehead atoms. The maximum Gasteiger partial charge on any atom is 0.224 e. The first kappa shape index (κ1) is 14.4. The van der Waals surface area contributed by atoms with Gasteiger partial charge in [-0.25, -0.2) is 0 Å². The summed E-state index contributed by atoms with van der Waals surface area (Å²) in [6, 6.07) is 14.5. The molecular weight excluding hydrogens is 282 g/mol. The molecule has 0 spiro atoms. The summed E-state index contributed by atoms with van der Waals surface area (Å²) in [5.41, 5.74) is 1.05. The van der Waals surface area contributed by atoms with E-state index in [1.54, 1.807) is 0 Å². The van der Waals surface area contributed by atoms with E-state index in [0.717, 1.165) is 24.8 Å². The Bertz CT molecular complexity index is 640. The van der Waals surface area contributed by atoms with Gasteiger partial charge in [-0.1, -0.05) is 55.3 Å². The van der Waals surface area contributed by atoms with Gasteiger partial charge in [0.05, 0.1) is 11.8 Å². The molecule has 0 aromatic heterocycles. The number of carbonyl (C=O) groups is 1. The largest absolute Gasteiger partial charge is 0.352 e. The number of carbonyl (C=O) groups excluding carboxylic acids is 1. The molecule has 1 N–H and O–H groups in total. The molecule has 0 saturated heterocycles. The monoisotopic (exact) mass is 301 g/mol. The SMILES string of the molecule is O=C(Cc1ccc2ccccc2c1)NC1CCCCC1Cl. The summed E-state index contributed by atoms with van der Waals surface area (Å²) in [7, 11) is 0. The number of fused-ring (bicyclic) bond motifs is 1. The van der Waals surface area contributed by atoms with Crippen molar-refractivity contribution >= 4 is 28.3 Å². The van der Waals surface area contributed by atoms with Gasteiger partial charge in [0.15, 0.2) is 0 Å². The normalized spacial score (nSPS) is 22.1. The molecule has 1 amide bonds. The van der Waals surface area contributed by atoms with Gasteiger partial charge in [-0.15, -0.1) is 11.6 Å². The van der Waals surface area contributed by atoms with Crippen molar-refractivity contribution in [2.24, 2.45) is 0 Å². The number of benzene rings is 2. The number of rotatable bonds is 3. The van der Waals surface area contributed by atoms with Crippen LogP contribution in [-0.4, -0.2) is 17.3 Å². The standard InChI is InChI=1S/C18H20ClNO/c19-16-7-3-4-8-17(16)20-18(21)12-13-9-10-14-5-1-2-6-15(14)11-13/h1-2,5-6,9-11,16-17H,3-4,7-8,12H2,(H,20,21). The molecule has 2 aromatic carbocycles. The van der Waals surface area contributed by atoms with Crippen molar-refractivity contribution in [2.45, 2.75) is 43.5 Å². The predicted octanol–water partition coefficient (Wildman–Crippen LogP) is 4.05. The van der Waals surface area contributed by atoms with E-state index >= 15 is 0 Å². The molecule has 1 aliphatic rings. The average molecular weight is 302 g/mol. The van der Waals surface area contributed by atoms with Gasteiger partial charge < -0.3 is 5.32 Å². The smallest absolute Gasteiger partial charge is 0.224 e. The molecule has 1 saturated carbocycles. The Labute approximate surface area is 130 Å². The number of halogens is 1. The van der Waals surface area contributed by atoms with Crippen LogP contribution in [-0.2, 0) is 11.2 Å². The molecular formula is C18H20ClNO. The zero-order valence-electron chi connectivity index (χ0n) is 12.0. The Balaban J connectivity index is 1.65. The maximum atomic E-state index is 12.2. The van der Waals surface area contributed by atoms with Gasteiger partial charge in [-0.3, -0.25) is 4.79 Å². The number of hydrogen-bond donors (Lipinski definition) is 1. The lowest BCUT2D eigenvalue weighted by Gasteiger charge is -2.27. The third-order valence-electron chi connectivity index (χ3n) is 4.21. The average Bonchev–Trinajstić information content (AvgIpc) is 2.49. The second-order valence-corrected chi connectivity index (χ2v) is 6.39. The Kier molecular flexibility index (Phi) is 4.45. The van der Waals surface area contributed by atoms with E-state index in [0.29, 0.717) is 6.42 Å². The highest BCUT2D eigenvalue weighted by molar-refractivity contribution is 6.21. The number of amides is 1. The van der Waals surface area contributed by atoms with E-state index in [1.807, 2.05) is 18.2 Å². The van der Waals surface area contributed by atoms with E-state index in [1.165, 1.54) is 17.2 Å². The van der Waals surface area contributed by atoms with E-state index in [9.17, 15) is 4.79 Å². The molecule has 2 nitrogen and oxygen atoms in total. The third-order valence-corrected chi connectivity index (χ3v) is 4.73. The van der Waals surface area contributed by atoms with Crippen molar-refractivity contribution < 1.29 is 4.79 Å². The van der Waals surface area contributed by atoms with Crippen LogP contribution in [0.1, 0.15) is 31.2 Å². The van der Waals surface area contributed by atoms with Gasteiger partial charge in [-0.2, -0.15) is 0 Å². The highest BCUT2D eigenvalue weighted by Crippen LogP contribution is 2.23. The fraction of sp³-hybridized carbons (Fsp3) is 0.389. The predicted molar refractivity (Wildman–Crippen MR) is 87.7 cm³/mol. The minimum absolute atomic E-state index is 0.0721. The molecule has 2 atom stereocenters. The highest BCUT2D eigenvalue weighted by Gasteiger charge is 2.24. The van der Waals surface area contributed by atoms with Crippen LogP contribution >= 0.6 is 11.6 Å². The van der Waals surface area contributed by atoms with E-state index in [-0.39, 0.29) is 17.3 Å². The summed E-state index contributed by atoms with van der Waals surface area (Å²) in [4.78, 5) is 12.2. The van der Waals surface area contributed by atoms with Gasteiger partial charge in [-0.05, 0) is 29.2 Å². The van der Waals surface area contributed by atoms with Gasteiger partial charge in [0.2, 0.25) is 5.91 Å². The molecule has 1 aliphatic carbocycles. The highest BCUT2D eigenvalue weighted by atomic mass is 35.5. The van der Waals surface area contributed by atoms with E-state index in [2.05, 4.69) is 29.6 Å². The number of nitrogens with one attached hydrogen (secondary N) is 1. The third kappa shape index (κ3) is 3.56. The second-order valence-electron chi connectivity index (χ2n) is 5.83. The molecule has 0 radical (unpaired) electrons. The topological polar surface area (TPSA) is 29.1 Å². The van der Waals surface area contributed by atoms with Gasteiger partial charge in [0.25, 0.3) is 0 Å². The first-order chi connectivity index (χ1) is 10.2. The minimum Gasteiger partial charge on any atom is -0.352 e. The molecule has 3 rings (SSSR count). The lowest BCUT2D eigenvalue weighted by atomic mass is 9.94. The van der Waals surface area contributed by atoms with Crippen molar-refractivity contribution in [1.82, 2.24) is 5.32 Å². The molecule has 3 heteroatoms. The summed E-state index contributed by atoms with van der Waals surface area (Å²) >= 11 is 6.29. The molecule has 21 heavy (non-hydrogen) atoms. The first-order valence-electron chi connectivity index (χ1n) is 7.63. The van der Waals surface area contributed by atoms with Crippen molar-refractivity contribution in [3.05, 3.63) is 48.0 Å². The quantitative estimate of drug-likeness (QED) is 0.852. The summed E-state index contributed by atoms with van der Waals surface area (Å²) in [6.07, 6.45) is 4.75. The lowest BCUT2D eigenvalue weighted by molar-refractivity contribution is -0.121. The summed E-state index contributed by atoms with van der Waals surface area (Å²) in [6.45, 7) is 0. The zero-order chi connectivity index (χ0) is 14.7. The van der Waals surface area contributed by atoms with Crippen LogP contribution < -0.4 is 5.32 Å². The van der Waals surface area contributed by atoms with Crippen LogP contribution in [0.4, 0.5) is 0 Å². The first-order valence-corrected chi connectivity index (χ1v) is 8.07. The van der Waals surface area contributed by atoms with Crippen molar-refractivity contribution in [3.63, 3.8) is 0 Å². The fourth-order valence-corrected chi connectivity index (χ4v) is 3.38. The van der Waals surface area contributed by atoms with Crippen molar-refractivity contribution in [3.8, 4) is 0 Å². The van der Waals surface area contributed by atoms with E-state index in [4.69, 9.17) is 11.6 Å². The summed E-state index contributed by atoms with van der Waals surface area (Å²) < 4.78 is 0. The molecule has 110 valence electrons. The fourth-order valence-electron chi connectivity index (χ4n) is 3.04. The van der Waals surface area contributed by atoms with Gasteiger partial charge in [0, 0.05) is 6.04 Å². The Morgan fingerprint density at radius 3 is 2.67 bits per heavy atom. The van der Waals surface area contributed by atoms with Crippen LogP contribution in [0.2, 0.25) is 0 Å². The Hall–Kier alpha value is -1.54. The van der Waals surface area contributed by atoms with Crippen LogP contribution in [0.25, 0.3) is 10.8 Å². The van der Waals surface area contributed by atoms with Crippen LogP contribution in [0, 0.1) is 0 Å². The second kappa shape index (κ2) is 6.48. The number of hydrogen-bond acceptors (Lipinski definition) is 1. The molecule has 1 fully saturated rings. The molecule has 2 unspecified atom stereocenters. The van der Waals surface area contributed by atoms with Crippen molar-refractivity contribution in [2.75, 3.05) is 0 Å². The van der Waals surface area contributed by atoms with Crippen LogP contribution in [0.15, 0.2) is 42.5 Å². The maximum absolute atomic E-state index is 12.2. The lowest BCUT2D eigenvalue weighted by Crippen LogP contribution is -2.43. The van der Waals surface area contributed by atoms with Crippen molar-refractivity contribution in [1.29, 1.82) is 0 Å². The van der Waals surface area contributed by atoms with Gasteiger partial charge >= 0.3 is 0 Å². The number of alkyl halides is 1. The molecule has 0 aliphatic heterocycles. The summed E-state index contributed by atoms with van der Waals surface area (Å²) in [5, 5.41) is 5.56. The van der Waals surface area contributed by atoms with Gasteiger partial charge in [0.1, 0.15) is 0 Å². The Morgan fingerprint density at radius 2 is 1.86 bits per heavy atom. The van der Waals surface area contributed by atoms with Crippen LogP contribution in [0.3, 0.4) is 0 Å². The Morgan fingerprint density at radius 1 is 1.10 bits per heavy atom. The molecule has 0 heterocycles. The van der Waals surface area contributed by atoms with E-state index < -0.39 is 0 Å².